The predicted octanol–water partition coefficient (Wildman–Crippen LogP) is 2.36. The molecule has 0 bridgehead atoms. The molecular formula is C19H17N3O4. The number of hydrogen-bond donors (Lipinski definition) is 1. The quantitative estimate of drug-likeness (QED) is 0.636. The number of benzene rings is 2. The number of carbonyl (C=O) groups excluding carboxylic acids is 3. The van der Waals surface area contributed by atoms with Crippen LogP contribution in [-0.4, -0.2) is 30.9 Å². The van der Waals surface area contributed by atoms with Crippen LogP contribution in [0.1, 0.15) is 17.3 Å². The van der Waals surface area contributed by atoms with E-state index in [1.807, 2.05) is 6.07 Å². The van der Waals surface area contributed by atoms with Crippen LogP contribution < -0.4 is 10.2 Å². The van der Waals surface area contributed by atoms with Crippen molar-refractivity contribution in [3.05, 3.63) is 60.2 Å². The Labute approximate surface area is 150 Å². The van der Waals surface area contributed by atoms with Crippen LogP contribution >= 0.6 is 0 Å². The van der Waals surface area contributed by atoms with Crippen molar-refractivity contribution >= 4 is 29.2 Å². The summed E-state index contributed by atoms with van der Waals surface area (Å²) in [5.74, 6) is -1.47. The molecule has 0 aliphatic carbocycles. The number of para-hydroxylation sites is 1. The highest BCUT2D eigenvalue weighted by Crippen LogP contribution is 2.14. The first-order chi connectivity index (χ1) is 12.5. The van der Waals surface area contributed by atoms with Gasteiger partial charge in [0.1, 0.15) is 6.54 Å². The Balaban J connectivity index is 2.02. The van der Waals surface area contributed by atoms with E-state index in [9.17, 15) is 14.4 Å². The summed E-state index contributed by atoms with van der Waals surface area (Å²) in [7, 11) is 0. The fraction of sp³-hybridized carbons (Fsp3) is 0.158. The molecule has 0 heterocycles. The molecule has 0 aliphatic heterocycles. The molecule has 7 nitrogen and oxygen atoms in total. The van der Waals surface area contributed by atoms with Crippen molar-refractivity contribution in [3.63, 3.8) is 0 Å². The van der Waals surface area contributed by atoms with E-state index in [1.165, 1.54) is 24.0 Å². The van der Waals surface area contributed by atoms with Gasteiger partial charge in [-0.1, -0.05) is 24.3 Å². The first kappa shape index (κ1) is 18.7. The molecule has 0 spiro atoms. The Morgan fingerprint density at radius 1 is 1.12 bits per heavy atom. The lowest BCUT2D eigenvalue weighted by molar-refractivity contribution is -0.121. The third-order valence-corrected chi connectivity index (χ3v) is 3.34. The van der Waals surface area contributed by atoms with Gasteiger partial charge in [-0.25, -0.2) is 4.79 Å². The second kappa shape index (κ2) is 8.99. The van der Waals surface area contributed by atoms with Crippen molar-refractivity contribution in [1.82, 2.24) is 0 Å². The Hall–Kier alpha value is -3.66. The topological polar surface area (TPSA) is 99.5 Å². The van der Waals surface area contributed by atoms with E-state index >= 15 is 0 Å². The first-order valence-electron chi connectivity index (χ1n) is 7.78. The zero-order valence-corrected chi connectivity index (χ0v) is 14.1. The molecule has 1 N–H and O–H groups in total. The van der Waals surface area contributed by atoms with Gasteiger partial charge >= 0.3 is 5.97 Å². The van der Waals surface area contributed by atoms with Gasteiger partial charge in [-0.15, -0.1) is 0 Å². The van der Waals surface area contributed by atoms with Crippen LogP contribution in [0.2, 0.25) is 0 Å². The van der Waals surface area contributed by atoms with Gasteiger partial charge in [0.25, 0.3) is 5.91 Å². The molecule has 132 valence electrons. The van der Waals surface area contributed by atoms with E-state index < -0.39 is 18.5 Å². The van der Waals surface area contributed by atoms with E-state index in [1.54, 1.807) is 42.5 Å². The summed E-state index contributed by atoms with van der Waals surface area (Å²) in [4.78, 5) is 36.8. The summed E-state index contributed by atoms with van der Waals surface area (Å²) < 4.78 is 5.05. The van der Waals surface area contributed by atoms with Crippen LogP contribution in [0, 0.1) is 11.3 Å². The minimum Gasteiger partial charge on any atom is -0.452 e. The molecular weight excluding hydrogens is 334 g/mol. The third kappa shape index (κ3) is 5.18. The maximum absolute atomic E-state index is 12.3. The van der Waals surface area contributed by atoms with Crippen molar-refractivity contribution < 1.29 is 19.1 Å². The van der Waals surface area contributed by atoms with Crippen molar-refractivity contribution in [2.75, 3.05) is 23.4 Å². The number of ether oxygens (including phenoxy) is 1. The highest BCUT2D eigenvalue weighted by atomic mass is 16.5. The van der Waals surface area contributed by atoms with Crippen LogP contribution in [0.15, 0.2) is 54.6 Å². The average molecular weight is 351 g/mol. The molecule has 2 aromatic rings. The van der Waals surface area contributed by atoms with Crippen molar-refractivity contribution in [2.45, 2.75) is 6.92 Å². The largest absolute Gasteiger partial charge is 0.452 e. The minimum absolute atomic E-state index is 0.154. The van der Waals surface area contributed by atoms with Crippen LogP contribution in [0.5, 0.6) is 0 Å². The zero-order chi connectivity index (χ0) is 18.9. The molecule has 0 unspecified atom stereocenters. The lowest BCUT2D eigenvalue weighted by atomic mass is 10.2. The lowest BCUT2D eigenvalue weighted by Crippen LogP contribution is -2.35. The smallest absolute Gasteiger partial charge is 0.338 e. The Bertz CT molecular complexity index is 843. The number of hydrogen-bond acceptors (Lipinski definition) is 5. The van der Waals surface area contributed by atoms with Gasteiger partial charge in [0.15, 0.2) is 6.61 Å². The third-order valence-electron chi connectivity index (χ3n) is 3.34. The van der Waals surface area contributed by atoms with E-state index in [2.05, 4.69) is 5.32 Å². The van der Waals surface area contributed by atoms with Gasteiger partial charge in [-0.3, -0.25) is 14.5 Å². The molecule has 0 aromatic heterocycles. The summed E-state index contributed by atoms with van der Waals surface area (Å²) in [6.45, 7) is 0.704. The molecule has 0 atom stereocenters. The maximum Gasteiger partial charge on any atom is 0.338 e. The van der Waals surface area contributed by atoms with Gasteiger partial charge in [0.2, 0.25) is 5.91 Å². The molecule has 2 amide bonds. The minimum atomic E-state index is -0.699. The summed E-state index contributed by atoms with van der Waals surface area (Å²) in [6, 6.07) is 16.8. The second-order valence-electron chi connectivity index (χ2n) is 5.31. The first-order valence-corrected chi connectivity index (χ1v) is 7.78. The number of nitrogens with one attached hydrogen (secondary N) is 1. The summed E-state index contributed by atoms with van der Waals surface area (Å²) in [6.07, 6.45) is 0. The summed E-state index contributed by atoms with van der Waals surface area (Å²) >= 11 is 0. The van der Waals surface area contributed by atoms with Crippen molar-refractivity contribution in [2.24, 2.45) is 0 Å². The van der Waals surface area contributed by atoms with Crippen molar-refractivity contribution in [1.29, 1.82) is 5.26 Å². The van der Waals surface area contributed by atoms with Crippen LogP contribution in [0.4, 0.5) is 11.4 Å². The van der Waals surface area contributed by atoms with Crippen LogP contribution in [0.25, 0.3) is 0 Å². The van der Waals surface area contributed by atoms with Crippen molar-refractivity contribution in [3.8, 4) is 6.07 Å². The average Bonchev–Trinajstić information content (AvgIpc) is 2.64. The summed E-state index contributed by atoms with van der Waals surface area (Å²) in [5, 5.41) is 11.5. The predicted molar refractivity (Wildman–Crippen MR) is 95.4 cm³/mol. The number of nitriles is 1. The Morgan fingerprint density at radius 2 is 1.85 bits per heavy atom. The monoisotopic (exact) mass is 351 g/mol. The molecule has 0 fully saturated rings. The SMILES string of the molecule is CC(=O)Nc1cccc(C(=O)OCC(=O)N(CC#N)c2ccccc2)c1. The molecule has 2 rings (SSSR count). The number of esters is 1. The highest BCUT2D eigenvalue weighted by molar-refractivity contribution is 5.98. The Morgan fingerprint density at radius 3 is 2.50 bits per heavy atom. The van der Waals surface area contributed by atoms with Gasteiger partial charge in [-0.05, 0) is 30.3 Å². The standard InChI is InChI=1S/C19H17N3O4/c1-14(23)21-16-7-5-6-15(12-16)19(25)26-13-18(24)22(11-10-20)17-8-3-2-4-9-17/h2-9,12H,11,13H2,1H3,(H,21,23). The number of rotatable bonds is 6. The normalized spacial score (nSPS) is 9.69. The molecule has 26 heavy (non-hydrogen) atoms. The van der Waals surface area contributed by atoms with Gasteiger partial charge in [-0.2, -0.15) is 5.26 Å². The van der Waals surface area contributed by atoms with Gasteiger partial charge < -0.3 is 10.1 Å². The lowest BCUT2D eigenvalue weighted by Gasteiger charge is -2.19. The molecule has 0 radical (unpaired) electrons. The molecule has 0 saturated heterocycles. The number of nitrogens with zero attached hydrogens (tertiary/aromatic N) is 2. The Kier molecular flexibility index (Phi) is 6.46. The number of anilines is 2. The summed E-state index contributed by atoms with van der Waals surface area (Å²) in [5.41, 5.74) is 1.20. The highest BCUT2D eigenvalue weighted by Gasteiger charge is 2.18. The van der Waals surface area contributed by atoms with Gasteiger partial charge in [0, 0.05) is 18.3 Å². The zero-order valence-electron chi connectivity index (χ0n) is 14.1. The van der Waals surface area contributed by atoms with E-state index in [0.29, 0.717) is 11.4 Å². The molecule has 0 aliphatic rings. The molecule has 2 aromatic carbocycles. The molecule has 7 heteroatoms. The fourth-order valence-electron chi connectivity index (χ4n) is 2.22. The number of carbonyl (C=O) groups is 3. The van der Waals surface area contributed by atoms with E-state index in [-0.39, 0.29) is 18.0 Å². The van der Waals surface area contributed by atoms with Crippen LogP contribution in [0.3, 0.4) is 0 Å². The molecule has 0 saturated carbocycles. The number of amides is 2. The van der Waals surface area contributed by atoms with E-state index in [0.717, 1.165) is 0 Å². The van der Waals surface area contributed by atoms with E-state index in [4.69, 9.17) is 10.00 Å². The maximum atomic E-state index is 12.3. The fourth-order valence-corrected chi connectivity index (χ4v) is 2.22. The van der Waals surface area contributed by atoms with Crippen LogP contribution in [-0.2, 0) is 14.3 Å². The second-order valence-corrected chi connectivity index (χ2v) is 5.31. The van der Waals surface area contributed by atoms with Gasteiger partial charge in [0.05, 0.1) is 11.6 Å².